The Labute approximate surface area is 248 Å². The van der Waals surface area contributed by atoms with Crippen LogP contribution in [0.15, 0.2) is 73.2 Å². The van der Waals surface area contributed by atoms with Gasteiger partial charge in [-0.25, -0.2) is 28.2 Å². The van der Waals surface area contributed by atoms with Crippen LogP contribution in [0.4, 0.5) is 8.78 Å². The highest BCUT2D eigenvalue weighted by Crippen LogP contribution is 2.29. The molecule has 1 saturated heterocycles. The Balaban J connectivity index is 1.12. The zero-order valence-electron chi connectivity index (χ0n) is 23.2. The Hall–Kier alpha value is -5.43. The molecule has 0 spiro atoms. The quantitative estimate of drug-likeness (QED) is 0.227. The minimum atomic E-state index is -1.06. The van der Waals surface area contributed by atoms with E-state index in [2.05, 4.69) is 25.3 Å². The molecule has 0 aliphatic carbocycles. The van der Waals surface area contributed by atoms with Gasteiger partial charge >= 0.3 is 5.97 Å². The fourth-order valence-electron chi connectivity index (χ4n) is 5.11. The summed E-state index contributed by atoms with van der Waals surface area (Å²) in [6.07, 6.45) is 5.90. The highest BCUT2D eigenvalue weighted by molar-refractivity contribution is 5.92. The third-order valence-corrected chi connectivity index (χ3v) is 7.50. The standard InChI is InChI=1S/C31H25F2N7O4/c32-24-13-23(26-2-1-3-30(37-26)44-17-20-6-8-40(38-20)21-14-34-35-15-21)25(33)10-19(24)12-29-36-27-5-4-18(31(41)42)11-28(27)39(29)16-22-7-9-43-22/h1-6,8,10-11,13-15,22H,7,9,12,16-17H2,(H,34,35)(H,41,42)/t22-/m0/s1. The number of benzene rings is 2. The maximum absolute atomic E-state index is 15.5. The molecular weight excluding hydrogens is 572 g/mol. The van der Waals surface area contributed by atoms with Crippen LogP contribution in [0.1, 0.15) is 33.9 Å². The number of aromatic nitrogens is 7. The van der Waals surface area contributed by atoms with Crippen molar-refractivity contribution in [1.82, 2.24) is 34.5 Å². The number of nitrogens with zero attached hydrogens (tertiary/aromatic N) is 6. The second-order valence-corrected chi connectivity index (χ2v) is 10.4. The molecule has 2 N–H and O–H groups in total. The maximum Gasteiger partial charge on any atom is 0.335 e. The lowest BCUT2D eigenvalue weighted by molar-refractivity contribution is -0.0589. The van der Waals surface area contributed by atoms with E-state index in [1.54, 1.807) is 59.7 Å². The third-order valence-electron chi connectivity index (χ3n) is 7.50. The minimum absolute atomic E-state index is 0.00508. The van der Waals surface area contributed by atoms with Gasteiger partial charge < -0.3 is 19.1 Å². The van der Waals surface area contributed by atoms with Crippen LogP contribution in [0, 0.1) is 11.6 Å². The first-order valence-corrected chi connectivity index (χ1v) is 13.9. The van der Waals surface area contributed by atoms with E-state index in [9.17, 15) is 9.90 Å². The van der Waals surface area contributed by atoms with Crippen molar-refractivity contribution in [3.8, 4) is 22.8 Å². The molecule has 0 saturated carbocycles. The molecule has 5 heterocycles. The Morgan fingerprint density at radius 3 is 2.77 bits per heavy atom. The smallest absolute Gasteiger partial charge is 0.335 e. The number of imidazole rings is 1. The SMILES string of the molecule is O=C(O)c1ccc2nc(Cc3cc(F)c(-c4cccc(OCc5ccn(-c6cn[nH]c6)n5)n4)cc3F)n(C[C@@H]3CCO3)c2c1. The van der Waals surface area contributed by atoms with E-state index >= 15 is 8.78 Å². The van der Waals surface area contributed by atoms with Crippen LogP contribution in [0.5, 0.6) is 5.88 Å². The van der Waals surface area contributed by atoms with Gasteiger partial charge in [-0.3, -0.25) is 5.10 Å². The van der Waals surface area contributed by atoms with Crippen molar-refractivity contribution in [2.75, 3.05) is 6.61 Å². The van der Waals surface area contributed by atoms with Crippen LogP contribution >= 0.6 is 0 Å². The summed E-state index contributed by atoms with van der Waals surface area (Å²) < 4.78 is 45.8. The Bertz CT molecular complexity index is 1980. The van der Waals surface area contributed by atoms with Crippen LogP contribution in [0.2, 0.25) is 0 Å². The summed E-state index contributed by atoms with van der Waals surface area (Å²) in [7, 11) is 0. The van der Waals surface area contributed by atoms with E-state index in [-0.39, 0.29) is 47.4 Å². The number of rotatable bonds is 10. The van der Waals surface area contributed by atoms with Gasteiger partial charge in [-0.05, 0) is 54.4 Å². The molecule has 0 bridgehead atoms. The topological polar surface area (TPSA) is 133 Å². The molecule has 11 nitrogen and oxygen atoms in total. The van der Waals surface area contributed by atoms with Gasteiger partial charge in [-0.2, -0.15) is 10.2 Å². The molecule has 0 unspecified atom stereocenters. The molecule has 1 atom stereocenters. The van der Waals surface area contributed by atoms with Crippen molar-refractivity contribution in [2.24, 2.45) is 0 Å². The van der Waals surface area contributed by atoms with E-state index in [0.29, 0.717) is 35.7 Å². The lowest BCUT2D eigenvalue weighted by Crippen LogP contribution is -2.31. The molecule has 44 heavy (non-hydrogen) atoms. The number of H-pyrrole nitrogens is 1. The van der Waals surface area contributed by atoms with Gasteiger partial charge in [-0.1, -0.05) is 6.07 Å². The predicted molar refractivity (Wildman–Crippen MR) is 153 cm³/mol. The summed E-state index contributed by atoms with van der Waals surface area (Å²) in [6.45, 7) is 1.19. The largest absolute Gasteiger partial charge is 0.478 e. The molecule has 1 aliphatic rings. The van der Waals surface area contributed by atoms with Gasteiger partial charge in [0.15, 0.2) is 0 Å². The molecule has 0 amide bonds. The highest BCUT2D eigenvalue weighted by Gasteiger charge is 2.24. The summed E-state index contributed by atoms with van der Waals surface area (Å²) in [5.74, 6) is -1.62. The zero-order valence-corrected chi connectivity index (χ0v) is 23.2. The van der Waals surface area contributed by atoms with E-state index in [0.717, 1.165) is 24.2 Å². The van der Waals surface area contributed by atoms with E-state index < -0.39 is 17.6 Å². The van der Waals surface area contributed by atoms with Crippen molar-refractivity contribution in [3.05, 3.63) is 107 Å². The minimum Gasteiger partial charge on any atom is -0.478 e. The van der Waals surface area contributed by atoms with Gasteiger partial charge in [0, 0.05) is 37.1 Å². The van der Waals surface area contributed by atoms with E-state index in [4.69, 9.17) is 9.47 Å². The van der Waals surface area contributed by atoms with Crippen molar-refractivity contribution in [3.63, 3.8) is 0 Å². The molecule has 0 radical (unpaired) electrons. The van der Waals surface area contributed by atoms with Crippen LogP contribution < -0.4 is 4.74 Å². The van der Waals surface area contributed by atoms with Gasteiger partial charge in [0.1, 0.15) is 35.4 Å². The van der Waals surface area contributed by atoms with Crippen LogP contribution in [0.3, 0.4) is 0 Å². The Kier molecular flexibility index (Phi) is 7.06. The maximum atomic E-state index is 15.5. The number of carboxylic acids is 1. The number of halogens is 2. The van der Waals surface area contributed by atoms with Gasteiger partial charge in [-0.15, -0.1) is 0 Å². The molecule has 13 heteroatoms. The summed E-state index contributed by atoms with van der Waals surface area (Å²) in [5.41, 5.74) is 3.01. The molecular formula is C31H25F2N7O4. The zero-order chi connectivity index (χ0) is 30.2. The first-order valence-electron chi connectivity index (χ1n) is 13.9. The number of nitrogens with one attached hydrogen (secondary N) is 1. The highest BCUT2D eigenvalue weighted by atomic mass is 19.1. The van der Waals surface area contributed by atoms with Crippen LogP contribution in [-0.2, 0) is 24.3 Å². The summed E-state index contributed by atoms with van der Waals surface area (Å²) in [4.78, 5) is 20.6. The van der Waals surface area contributed by atoms with Crippen molar-refractivity contribution < 1.29 is 28.2 Å². The monoisotopic (exact) mass is 597 g/mol. The van der Waals surface area contributed by atoms with Crippen molar-refractivity contribution in [1.29, 1.82) is 0 Å². The number of carbonyl (C=O) groups is 1. The molecule has 222 valence electrons. The average molecular weight is 598 g/mol. The normalized spacial score (nSPS) is 14.5. The Morgan fingerprint density at radius 2 is 2.00 bits per heavy atom. The molecule has 1 aliphatic heterocycles. The fraction of sp³-hybridized carbons (Fsp3) is 0.194. The molecule has 4 aromatic heterocycles. The average Bonchev–Trinajstić information content (AvgIpc) is 3.76. The van der Waals surface area contributed by atoms with Gasteiger partial charge in [0.25, 0.3) is 0 Å². The second-order valence-electron chi connectivity index (χ2n) is 10.4. The molecule has 2 aromatic carbocycles. The van der Waals surface area contributed by atoms with Gasteiger partial charge in [0.05, 0.1) is 41.1 Å². The first-order chi connectivity index (χ1) is 21.4. The summed E-state index contributed by atoms with van der Waals surface area (Å²) in [6, 6.07) is 13.6. The Morgan fingerprint density at radius 1 is 1.11 bits per heavy atom. The number of aromatic carboxylic acids is 1. The van der Waals surface area contributed by atoms with E-state index in [1.165, 1.54) is 6.07 Å². The summed E-state index contributed by atoms with van der Waals surface area (Å²) >= 11 is 0. The predicted octanol–water partition coefficient (Wildman–Crippen LogP) is 4.94. The number of aromatic amines is 1. The third kappa shape index (κ3) is 5.40. The fourth-order valence-corrected chi connectivity index (χ4v) is 5.11. The lowest BCUT2D eigenvalue weighted by Gasteiger charge is -2.27. The number of hydrogen-bond acceptors (Lipinski definition) is 7. The molecule has 6 aromatic rings. The van der Waals surface area contributed by atoms with Gasteiger partial charge in [0.2, 0.25) is 5.88 Å². The second kappa shape index (κ2) is 11.3. The van der Waals surface area contributed by atoms with E-state index in [1.807, 2.05) is 4.57 Å². The molecule has 1 fully saturated rings. The number of carboxylic acid groups (broad SMARTS) is 1. The first kappa shape index (κ1) is 27.4. The van der Waals surface area contributed by atoms with Crippen LogP contribution in [-0.4, -0.2) is 58.3 Å². The molecule has 7 rings (SSSR count). The summed E-state index contributed by atoms with van der Waals surface area (Å²) in [5, 5.41) is 20.5. The number of hydrogen-bond donors (Lipinski definition) is 2. The van der Waals surface area contributed by atoms with Crippen molar-refractivity contribution >= 4 is 17.0 Å². The number of fused-ring (bicyclic) bond motifs is 1. The lowest BCUT2D eigenvalue weighted by atomic mass is 10.0. The number of ether oxygens (including phenoxy) is 2. The number of pyridine rings is 1. The van der Waals surface area contributed by atoms with Crippen molar-refractivity contribution in [2.45, 2.75) is 32.1 Å². The van der Waals surface area contributed by atoms with Crippen LogP contribution in [0.25, 0.3) is 28.0 Å².